The average Bonchev–Trinajstić information content (AvgIpc) is 4.07. The van der Waals surface area contributed by atoms with Crippen molar-refractivity contribution < 1.29 is 19.9 Å². The molecule has 6 fully saturated rings. The fourth-order valence-electron chi connectivity index (χ4n) is 14.6. The maximum atomic E-state index is 13.6. The number of nitrogens with one attached hydrogen (secondary N) is 2. The Kier molecular flexibility index (Phi) is 12.3. The van der Waals surface area contributed by atoms with Gasteiger partial charge in [0.25, 0.3) is 11.8 Å². The van der Waals surface area contributed by atoms with Crippen LogP contribution in [0.5, 0.6) is 0 Å². The zero-order valence-corrected chi connectivity index (χ0v) is 38.1. The SMILES string of the molecule is CC12CCC(C1)C(C)(C)C2NC(=O)c1nn(C2CCCCC2)c2c1CC(N)CC2.CC12CCC(C1)C(C)(C)C2NC(=O)c1nn(C2CCCCC2)c2c1CC(O)CC2.O=NO. The maximum absolute atomic E-state index is 13.6. The summed E-state index contributed by atoms with van der Waals surface area (Å²) < 4.78 is 4.42. The van der Waals surface area contributed by atoms with Gasteiger partial charge in [-0.2, -0.15) is 10.2 Å². The van der Waals surface area contributed by atoms with Gasteiger partial charge in [0.05, 0.1) is 18.2 Å². The molecule has 6 saturated carbocycles. The second-order valence-corrected chi connectivity index (χ2v) is 22.6. The number of nitrogens with zero attached hydrogens (tertiary/aromatic N) is 5. The molecule has 2 aromatic rings. The topological polar surface area (TPSA) is 190 Å². The van der Waals surface area contributed by atoms with Crippen molar-refractivity contribution >= 4 is 11.8 Å². The molecule has 2 aromatic heterocycles. The van der Waals surface area contributed by atoms with Crippen LogP contribution in [-0.4, -0.2) is 65.9 Å². The maximum Gasteiger partial charge on any atom is 0.272 e. The Hall–Kier alpha value is -3.32. The Bertz CT molecular complexity index is 1800. The van der Waals surface area contributed by atoms with E-state index in [-0.39, 0.29) is 57.7 Å². The van der Waals surface area contributed by atoms with Crippen molar-refractivity contribution in [1.82, 2.24) is 30.2 Å². The van der Waals surface area contributed by atoms with Gasteiger partial charge in [-0.1, -0.05) is 80.1 Å². The van der Waals surface area contributed by atoms with Crippen molar-refractivity contribution in [3.05, 3.63) is 38.8 Å². The van der Waals surface area contributed by atoms with Crippen LogP contribution in [-0.2, 0) is 25.7 Å². The van der Waals surface area contributed by atoms with Gasteiger partial charge in [-0.15, -0.1) is 4.91 Å². The molecule has 61 heavy (non-hydrogen) atoms. The molecule has 6 N–H and O–H groups in total. The molecule has 0 aliphatic heterocycles. The third kappa shape index (κ3) is 8.10. The van der Waals surface area contributed by atoms with Crippen molar-refractivity contribution in [2.24, 2.45) is 44.6 Å². The minimum atomic E-state index is -0.352. The number of amides is 2. The molecule has 0 saturated heterocycles. The Balaban J connectivity index is 0.000000158. The smallest absolute Gasteiger partial charge is 0.272 e. The molecule has 13 heteroatoms. The average molecular weight is 845 g/mol. The molecule has 338 valence electrons. The number of aromatic nitrogens is 4. The molecule has 0 spiro atoms. The molecule has 2 amide bonds. The number of aliphatic hydroxyl groups is 1. The van der Waals surface area contributed by atoms with E-state index in [4.69, 9.17) is 26.0 Å². The normalized spacial score (nSPS) is 34.6. The van der Waals surface area contributed by atoms with Crippen molar-refractivity contribution in [2.45, 2.75) is 219 Å². The molecule has 0 radical (unpaired) electrons. The van der Waals surface area contributed by atoms with E-state index in [1.165, 1.54) is 107 Å². The van der Waals surface area contributed by atoms with E-state index in [2.05, 4.69) is 61.5 Å². The van der Waals surface area contributed by atoms with E-state index in [1.54, 1.807) is 0 Å². The summed E-state index contributed by atoms with van der Waals surface area (Å²) >= 11 is 0. The first-order chi connectivity index (χ1) is 29.0. The van der Waals surface area contributed by atoms with E-state index >= 15 is 0 Å². The quantitative estimate of drug-likeness (QED) is 0.141. The zero-order valence-electron chi connectivity index (χ0n) is 38.1. The summed E-state index contributed by atoms with van der Waals surface area (Å²) in [6.07, 6.45) is 24.5. The molecular formula is C48H76N8O5. The number of fused-ring (bicyclic) bond motifs is 6. The molecule has 8 aliphatic carbocycles. The van der Waals surface area contributed by atoms with Gasteiger partial charge in [-0.05, 0) is 130 Å². The summed E-state index contributed by atoms with van der Waals surface area (Å²) in [6.45, 7) is 14.1. The summed E-state index contributed by atoms with van der Waals surface area (Å²) in [5.74, 6) is 1.45. The lowest BCUT2D eigenvalue weighted by Gasteiger charge is -2.43. The number of nitrogens with two attached hydrogens (primary N) is 1. The number of carbonyl (C=O) groups is 2. The van der Waals surface area contributed by atoms with E-state index in [0.717, 1.165) is 62.0 Å². The van der Waals surface area contributed by atoms with Gasteiger partial charge in [0.15, 0.2) is 16.7 Å². The Labute approximate surface area is 363 Å². The molecule has 0 aromatic carbocycles. The van der Waals surface area contributed by atoms with Crippen LogP contribution in [0.25, 0.3) is 0 Å². The lowest BCUT2D eigenvalue weighted by Crippen LogP contribution is -2.52. The highest BCUT2D eigenvalue weighted by Gasteiger charge is 2.61. The Morgan fingerprint density at radius 1 is 0.656 bits per heavy atom. The summed E-state index contributed by atoms with van der Waals surface area (Å²) in [7, 11) is 0. The molecule has 13 nitrogen and oxygen atoms in total. The predicted molar refractivity (Wildman–Crippen MR) is 235 cm³/mol. The predicted octanol–water partition coefficient (Wildman–Crippen LogP) is 8.47. The van der Waals surface area contributed by atoms with E-state index in [0.29, 0.717) is 35.8 Å². The fraction of sp³-hybridized carbons (Fsp3) is 0.833. The number of hydrogen-bond donors (Lipinski definition) is 5. The van der Waals surface area contributed by atoms with Gasteiger partial charge in [-0.3, -0.25) is 19.0 Å². The first kappa shape index (κ1) is 44.3. The number of hydrogen-bond acceptors (Lipinski definition) is 8. The van der Waals surface area contributed by atoms with E-state index in [9.17, 15) is 14.7 Å². The molecule has 4 bridgehead atoms. The Morgan fingerprint density at radius 3 is 1.48 bits per heavy atom. The van der Waals surface area contributed by atoms with Crippen molar-refractivity contribution in [1.29, 1.82) is 0 Å². The number of aliphatic hydroxyl groups excluding tert-OH is 1. The third-order valence-electron chi connectivity index (χ3n) is 18.0. The van der Waals surface area contributed by atoms with Crippen molar-refractivity contribution in [2.75, 3.05) is 0 Å². The zero-order chi connectivity index (χ0) is 43.5. The first-order valence-corrected chi connectivity index (χ1v) is 24.2. The monoisotopic (exact) mass is 845 g/mol. The second kappa shape index (κ2) is 17.0. The van der Waals surface area contributed by atoms with E-state index < -0.39 is 0 Å². The van der Waals surface area contributed by atoms with Gasteiger partial charge in [0.2, 0.25) is 0 Å². The number of carbonyl (C=O) groups excluding carboxylic acids is 2. The van der Waals surface area contributed by atoms with Crippen LogP contribution in [0.4, 0.5) is 0 Å². The lowest BCUT2D eigenvalue weighted by molar-refractivity contribution is 0.0727. The molecule has 8 atom stereocenters. The van der Waals surface area contributed by atoms with Crippen LogP contribution in [0.15, 0.2) is 5.34 Å². The highest BCUT2D eigenvalue weighted by atomic mass is 16.6. The van der Waals surface area contributed by atoms with Gasteiger partial charge in [0.1, 0.15) is 0 Å². The summed E-state index contributed by atoms with van der Waals surface area (Å²) in [4.78, 5) is 35.2. The van der Waals surface area contributed by atoms with Crippen molar-refractivity contribution in [3.8, 4) is 0 Å². The standard InChI is InChI=1S/C24H38N4O.C24H37N3O2.HNO2/c1-23(2)15-11-12-24(3,14-15)22(23)26-21(29)20-18-13-16(25)9-10-19(18)28(27-20)17-7-5-4-6-8-17;1-23(2)15-11-12-24(3,14-15)22(23)25-21(29)20-18-13-17(28)9-10-19(18)27(26-20)16-7-5-4-6-8-16;2-1-3/h15-17,22H,4-14,25H2,1-3H3,(H,26,29);15-17,22,28H,4-14H2,1-3H3,(H,25,29);(H,2,3). The molecule has 8 aliphatic rings. The first-order valence-electron chi connectivity index (χ1n) is 24.2. The molecule has 8 unspecified atom stereocenters. The van der Waals surface area contributed by atoms with Crippen LogP contribution in [0.3, 0.4) is 0 Å². The third-order valence-corrected chi connectivity index (χ3v) is 18.0. The van der Waals surface area contributed by atoms with Crippen LogP contribution >= 0.6 is 0 Å². The second-order valence-electron chi connectivity index (χ2n) is 22.6. The van der Waals surface area contributed by atoms with Crippen LogP contribution < -0.4 is 16.4 Å². The van der Waals surface area contributed by atoms with Gasteiger partial charge in [-0.25, -0.2) is 0 Å². The van der Waals surface area contributed by atoms with Crippen LogP contribution in [0.1, 0.15) is 213 Å². The molecule has 10 rings (SSSR count). The Morgan fingerprint density at radius 2 is 1.07 bits per heavy atom. The number of rotatable bonds is 6. The van der Waals surface area contributed by atoms with E-state index in [1.807, 2.05) is 0 Å². The molecule has 2 heterocycles. The van der Waals surface area contributed by atoms with Crippen LogP contribution in [0.2, 0.25) is 0 Å². The van der Waals surface area contributed by atoms with Crippen LogP contribution in [0, 0.1) is 38.4 Å². The highest BCUT2D eigenvalue weighted by Crippen LogP contribution is 2.63. The summed E-state index contributed by atoms with van der Waals surface area (Å²) in [5, 5.41) is 35.0. The molecular weight excluding hydrogens is 769 g/mol. The summed E-state index contributed by atoms with van der Waals surface area (Å²) in [6, 6.07) is 1.46. The minimum Gasteiger partial charge on any atom is -0.393 e. The van der Waals surface area contributed by atoms with Gasteiger partial charge < -0.3 is 26.7 Å². The van der Waals surface area contributed by atoms with Gasteiger partial charge in [0, 0.05) is 47.1 Å². The van der Waals surface area contributed by atoms with Gasteiger partial charge >= 0.3 is 0 Å². The fourth-order valence-corrected chi connectivity index (χ4v) is 14.6. The summed E-state index contributed by atoms with van der Waals surface area (Å²) in [5.41, 5.74) is 13.0. The highest BCUT2D eigenvalue weighted by molar-refractivity contribution is 5.95. The lowest BCUT2D eigenvalue weighted by atomic mass is 9.68. The largest absolute Gasteiger partial charge is 0.393 e. The van der Waals surface area contributed by atoms with Crippen molar-refractivity contribution in [3.63, 3.8) is 0 Å². The minimum absolute atomic E-state index is 0.0169.